The maximum absolute atomic E-state index is 9.26. The van der Waals surface area contributed by atoms with Gasteiger partial charge in [-0.25, -0.2) is 9.67 Å². The average Bonchev–Trinajstić information content (AvgIpc) is 2.94. The van der Waals surface area contributed by atoms with E-state index < -0.39 is 0 Å². The van der Waals surface area contributed by atoms with Crippen LogP contribution in [0, 0.1) is 0 Å². The molecule has 0 saturated carbocycles. The molecule has 0 aromatic carbocycles. The van der Waals surface area contributed by atoms with Crippen molar-refractivity contribution in [2.75, 3.05) is 6.61 Å². The summed E-state index contributed by atoms with van der Waals surface area (Å²) in [6.07, 6.45) is 5.99. The van der Waals surface area contributed by atoms with E-state index in [1.807, 2.05) is 29.1 Å². The number of aromatic nitrogens is 3. The maximum atomic E-state index is 9.26. The molecule has 3 rings (SSSR count). The van der Waals surface area contributed by atoms with Gasteiger partial charge < -0.3 is 5.11 Å². The molecule has 1 aliphatic heterocycles. The van der Waals surface area contributed by atoms with Crippen LogP contribution in [-0.2, 0) is 6.54 Å². The highest BCUT2D eigenvalue weighted by atomic mass is 16.3. The molecule has 1 atom stereocenters. The van der Waals surface area contributed by atoms with Gasteiger partial charge in [0.1, 0.15) is 6.17 Å². The number of hydrogen-bond acceptors (Lipinski definition) is 5. The fraction of sp³-hybridized carbons (Fsp3) is 0.308. The van der Waals surface area contributed by atoms with E-state index in [0.29, 0.717) is 13.0 Å². The van der Waals surface area contributed by atoms with Gasteiger partial charge >= 0.3 is 0 Å². The lowest BCUT2D eigenvalue weighted by Crippen LogP contribution is -2.32. The molecule has 0 saturated heterocycles. The van der Waals surface area contributed by atoms with Gasteiger partial charge in [-0.15, -0.1) is 0 Å². The number of pyridine rings is 1. The second-order valence-electron chi connectivity index (χ2n) is 4.43. The third-order valence-corrected chi connectivity index (χ3v) is 3.09. The van der Waals surface area contributed by atoms with Crippen molar-refractivity contribution in [1.29, 1.82) is 0 Å². The highest BCUT2D eigenvalue weighted by molar-refractivity contribution is 5.88. The smallest absolute Gasteiger partial charge is 0.152 e. The predicted octanol–water partition coefficient (Wildman–Crippen LogP) is 1.03. The first-order valence-electron chi connectivity index (χ1n) is 6.20. The number of aliphatic imine (C=N–C) groups is 1. The van der Waals surface area contributed by atoms with Crippen LogP contribution < -0.4 is 5.32 Å². The number of aliphatic hydroxyl groups excluding tert-OH is 1. The quantitative estimate of drug-likeness (QED) is 0.858. The van der Waals surface area contributed by atoms with Crippen molar-refractivity contribution in [2.45, 2.75) is 19.1 Å². The lowest BCUT2D eigenvalue weighted by atomic mass is 10.2. The van der Waals surface area contributed by atoms with Gasteiger partial charge in [-0.2, -0.15) is 5.10 Å². The summed E-state index contributed by atoms with van der Waals surface area (Å²) in [5.74, 6) is 0.777. The predicted molar refractivity (Wildman–Crippen MR) is 71.1 cm³/mol. The van der Waals surface area contributed by atoms with Crippen molar-refractivity contribution in [2.24, 2.45) is 4.99 Å². The lowest BCUT2D eigenvalue weighted by molar-refractivity contribution is 0.333. The second kappa shape index (κ2) is 5.29. The first-order chi connectivity index (χ1) is 9.36. The van der Waals surface area contributed by atoms with Gasteiger partial charge in [0, 0.05) is 37.1 Å². The molecule has 0 amide bonds. The zero-order valence-corrected chi connectivity index (χ0v) is 10.4. The summed E-state index contributed by atoms with van der Waals surface area (Å²) in [4.78, 5) is 8.43. The Morgan fingerprint density at radius 2 is 2.32 bits per heavy atom. The molecule has 0 radical (unpaired) electrons. The number of fused-ring (bicyclic) bond motifs is 1. The minimum Gasteiger partial charge on any atom is -0.390 e. The molecule has 6 nitrogen and oxygen atoms in total. The Balaban J connectivity index is 1.74. The standard InChI is InChI=1S/C13H15N5O/c19-9-11-6-13(18-12(17-11)3-5-16-18)15-8-10-2-1-4-14-7-10/h1-5,7,13,15,19H,6,8-9H2. The highest BCUT2D eigenvalue weighted by Gasteiger charge is 2.21. The van der Waals surface area contributed by atoms with Gasteiger partial charge in [0.25, 0.3) is 0 Å². The van der Waals surface area contributed by atoms with Crippen molar-refractivity contribution < 1.29 is 5.11 Å². The number of aliphatic hydroxyl groups is 1. The largest absolute Gasteiger partial charge is 0.390 e. The van der Waals surface area contributed by atoms with Crippen molar-refractivity contribution in [1.82, 2.24) is 20.1 Å². The molecule has 0 fully saturated rings. The molecule has 19 heavy (non-hydrogen) atoms. The van der Waals surface area contributed by atoms with E-state index in [4.69, 9.17) is 0 Å². The Hall–Kier alpha value is -2.05. The molecule has 98 valence electrons. The SMILES string of the molecule is OCC1=Nc2ccnn2C(NCc2cccnc2)C1. The Labute approximate surface area is 110 Å². The van der Waals surface area contributed by atoms with Gasteiger partial charge in [-0.1, -0.05) is 6.07 Å². The maximum Gasteiger partial charge on any atom is 0.152 e. The van der Waals surface area contributed by atoms with Crippen LogP contribution in [0.15, 0.2) is 41.8 Å². The summed E-state index contributed by atoms with van der Waals surface area (Å²) in [7, 11) is 0. The molecule has 1 unspecified atom stereocenters. The summed E-state index contributed by atoms with van der Waals surface area (Å²) < 4.78 is 1.84. The van der Waals surface area contributed by atoms with Crippen LogP contribution in [0.5, 0.6) is 0 Å². The zero-order valence-electron chi connectivity index (χ0n) is 10.4. The van der Waals surface area contributed by atoms with E-state index in [1.54, 1.807) is 12.4 Å². The van der Waals surface area contributed by atoms with Gasteiger partial charge in [0.05, 0.1) is 12.8 Å². The van der Waals surface area contributed by atoms with E-state index in [-0.39, 0.29) is 12.8 Å². The van der Waals surface area contributed by atoms with Crippen LogP contribution in [0.3, 0.4) is 0 Å². The Kier molecular flexibility index (Phi) is 3.35. The van der Waals surface area contributed by atoms with Crippen molar-refractivity contribution in [3.8, 4) is 0 Å². The van der Waals surface area contributed by atoms with Crippen LogP contribution in [0.1, 0.15) is 18.2 Å². The van der Waals surface area contributed by atoms with Gasteiger partial charge in [0.15, 0.2) is 5.82 Å². The van der Waals surface area contributed by atoms with Crippen LogP contribution in [0.4, 0.5) is 5.82 Å². The Bertz CT molecular complexity index is 578. The molecule has 0 spiro atoms. The monoisotopic (exact) mass is 257 g/mol. The summed E-state index contributed by atoms with van der Waals surface area (Å²) in [6.45, 7) is 0.687. The molecule has 2 aromatic heterocycles. The normalized spacial score (nSPS) is 17.9. The summed E-state index contributed by atoms with van der Waals surface area (Å²) in [6, 6.07) is 5.78. The number of nitrogens with zero attached hydrogens (tertiary/aromatic N) is 4. The molecular formula is C13H15N5O. The Morgan fingerprint density at radius 1 is 1.37 bits per heavy atom. The van der Waals surface area contributed by atoms with Crippen molar-refractivity contribution >= 4 is 11.5 Å². The minimum atomic E-state index is -0.0176. The third kappa shape index (κ3) is 2.54. The molecule has 1 aliphatic rings. The summed E-state index contributed by atoms with van der Waals surface area (Å²) >= 11 is 0. The van der Waals surface area contributed by atoms with Crippen LogP contribution in [0.25, 0.3) is 0 Å². The van der Waals surface area contributed by atoms with Gasteiger partial charge in [-0.05, 0) is 11.6 Å². The van der Waals surface area contributed by atoms with E-state index in [9.17, 15) is 5.11 Å². The Morgan fingerprint density at radius 3 is 3.11 bits per heavy atom. The van der Waals surface area contributed by atoms with Gasteiger partial charge in [0.2, 0.25) is 0 Å². The summed E-state index contributed by atoms with van der Waals surface area (Å²) in [5, 5.41) is 16.9. The van der Waals surface area contributed by atoms with Crippen molar-refractivity contribution in [3.63, 3.8) is 0 Å². The highest BCUT2D eigenvalue weighted by Crippen LogP contribution is 2.24. The number of rotatable bonds is 4. The number of nitrogens with one attached hydrogen (secondary N) is 1. The molecule has 0 aliphatic carbocycles. The topological polar surface area (TPSA) is 75.3 Å². The molecule has 2 aromatic rings. The molecule has 0 bridgehead atoms. The van der Waals surface area contributed by atoms with Crippen LogP contribution in [-0.4, -0.2) is 32.2 Å². The first-order valence-corrected chi connectivity index (χ1v) is 6.20. The van der Waals surface area contributed by atoms with Gasteiger partial charge in [-0.3, -0.25) is 10.3 Å². The van der Waals surface area contributed by atoms with E-state index in [1.165, 1.54) is 0 Å². The summed E-state index contributed by atoms with van der Waals surface area (Å²) in [5.41, 5.74) is 1.89. The van der Waals surface area contributed by atoms with Crippen LogP contribution in [0.2, 0.25) is 0 Å². The molecule has 6 heteroatoms. The number of hydrogen-bond donors (Lipinski definition) is 2. The van der Waals surface area contributed by atoms with E-state index in [0.717, 1.165) is 17.1 Å². The average molecular weight is 257 g/mol. The second-order valence-corrected chi connectivity index (χ2v) is 4.43. The fourth-order valence-electron chi connectivity index (χ4n) is 2.15. The molecular weight excluding hydrogens is 242 g/mol. The van der Waals surface area contributed by atoms with Crippen LogP contribution >= 0.6 is 0 Å². The minimum absolute atomic E-state index is 0.0176. The molecule has 2 N–H and O–H groups in total. The van der Waals surface area contributed by atoms with E-state index in [2.05, 4.69) is 20.4 Å². The third-order valence-electron chi connectivity index (χ3n) is 3.09. The first kappa shape index (κ1) is 12.0. The lowest BCUT2D eigenvalue weighted by Gasteiger charge is -2.24. The fourth-order valence-corrected chi connectivity index (χ4v) is 2.15. The zero-order chi connectivity index (χ0) is 13.1. The molecule has 3 heterocycles. The van der Waals surface area contributed by atoms with Crippen molar-refractivity contribution in [3.05, 3.63) is 42.4 Å². The van der Waals surface area contributed by atoms with E-state index >= 15 is 0 Å².